The van der Waals surface area contributed by atoms with Gasteiger partial charge in [-0.3, -0.25) is 19.7 Å². The van der Waals surface area contributed by atoms with Crippen LogP contribution < -0.4 is 5.32 Å². The lowest BCUT2D eigenvalue weighted by atomic mass is 9.90. The molecular weight excluding hydrogens is 318 g/mol. The van der Waals surface area contributed by atoms with Gasteiger partial charge in [0.1, 0.15) is 0 Å². The van der Waals surface area contributed by atoms with E-state index >= 15 is 0 Å². The summed E-state index contributed by atoms with van der Waals surface area (Å²) in [5.74, 6) is 1.11. The SMILES string of the molecule is O=C(C[C@@H]1CO[C@@H]2CN(Cc3ccccn3)C[C@H]12)Nc1cnccn1. The number of hydrogen-bond donors (Lipinski definition) is 1. The zero-order valence-corrected chi connectivity index (χ0v) is 13.9. The van der Waals surface area contributed by atoms with Crippen LogP contribution in [0.25, 0.3) is 0 Å². The molecule has 7 heteroatoms. The van der Waals surface area contributed by atoms with Crippen LogP contribution in [0.2, 0.25) is 0 Å². The van der Waals surface area contributed by atoms with Crippen molar-refractivity contribution >= 4 is 11.7 Å². The monoisotopic (exact) mass is 339 g/mol. The molecule has 2 aliphatic rings. The average Bonchev–Trinajstić information content (AvgIpc) is 3.18. The van der Waals surface area contributed by atoms with Crippen LogP contribution in [0.4, 0.5) is 5.82 Å². The van der Waals surface area contributed by atoms with Crippen LogP contribution in [-0.4, -0.2) is 51.6 Å². The lowest BCUT2D eigenvalue weighted by Gasteiger charge is -2.19. The molecule has 25 heavy (non-hydrogen) atoms. The van der Waals surface area contributed by atoms with Gasteiger partial charge in [-0.25, -0.2) is 4.98 Å². The van der Waals surface area contributed by atoms with Crippen molar-refractivity contribution in [2.75, 3.05) is 25.0 Å². The molecule has 2 aromatic rings. The Hall–Kier alpha value is -2.38. The molecule has 2 saturated heterocycles. The largest absolute Gasteiger partial charge is 0.376 e. The molecule has 0 radical (unpaired) electrons. The van der Waals surface area contributed by atoms with E-state index in [9.17, 15) is 4.79 Å². The van der Waals surface area contributed by atoms with Crippen LogP contribution in [0, 0.1) is 11.8 Å². The van der Waals surface area contributed by atoms with Gasteiger partial charge in [0.2, 0.25) is 5.91 Å². The first-order chi connectivity index (χ1) is 12.3. The summed E-state index contributed by atoms with van der Waals surface area (Å²) in [6.45, 7) is 3.34. The van der Waals surface area contributed by atoms with E-state index in [-0.39, 0.29) is 17.9 Å². The second-order valence-electron chi connectivity index (χ2n) is 6.65. The van der Waals surface area contributed by atoms with Crippen molar-refractivity contribution < 1.29 is 9.53 Å². The van der Waals surface area contributed by atoms with E-state index in [4.69, 9.17) is 4.74 Å². The molecule has 7 nitrogen and oxygen atoms in total. The summed E-state index contributed by atoms with van der Waals surface area (Å²) in [5.41, 5.74) is 1.07. The number of pyridine rings is 1. The molecule has 2 aromatic heterocycles. The van der Waals surface area contributed by atoms with E-state index in [0.29, 0.717) is 24.8 Å². The number of likely N-dealkylation sites (tertiary alicyclic amines) is 1. The lowest BCUT2D eigenvalue weighted by Crippen LogP contribution is -2.26. The van der Waals surface area contributed by atoms with Crippen LogP contribution >= 0.6 is 0 Å². The minimum Gasteiger partial charge on any atom is -0.376 e. The summed E-state index contributed by atoms with van der Waals surface area (Å²) in [6.07, 6.45) is 7.20. The van der Waals surface area contributed by atoms with Gasteiger partial charge in [-0.2, -0.15) is 0 Å². The number of carbonyl (C=O) groups excluding carboxylic acids is 1. The highest BCUT2D eigenvalue weighted by atomic mass is 16.5. The summed E-state index contributed by atoms with van der Waals surface area (Å²) in [5, 5.41) is 2.81. The number of ether oxygens (including phenoxy) is 1. The standard InChI is InChI=1S/C18H21N5O2/c24-18(22-17-8-19-5-6-21-17)7-13-12-25-16-11-23(10-15(13)16)9-14-3-1-2-4-20-14/h1-6,8,13,15-16H,7,9-12H2,(H,21,22,24)/t13-,15-,16-/m1/s1. The smallest absolute Gasteiger partial charge is 0.225 e. The Labute approximate surface area is 146 Å². The molecule has 0 saturated carbocycles. The lowest BCUT2D eigenvalue weighted by molar-refractivity contribution is -0.117. The number of nitrogens with one attached hydrogen (secondary N) is 1. The molecule has 0 spiro atoms. The van der Waals surface area contributed by atoms with Gasteiger partial charge >= 0.3 is 0 Å². The Morgan fingerprint density at radius 2 is 2.20 bits per heavy atom. The maximum Gasteiger partial charge on any atom is 0.225 e. The molecule has 4 rings (SSSR count). The first kappa shape index (κ1) is 16.1. The summed E-state index contributed by atoms with van der Waals surface area (Å²) in [6, 6.07) is 5.98. The quantitative estimate of drug-likeness (QED) is 0.886. The number of rotatable bonds is 5. The second-order valence-corrected chi connectivity index (χ2v) is 6.65. The Kier molecular flexibility index (Phi) is 4.67. The number of nitrogens with zero attached hydrogens (tertiary/aromatic N) is 4. The van der Waals surface area contributed by atoms with Crippen LogP contribution in [0.15, 0.2) is 43.0 Å². The van der Waals surface area contributed by atoms with Crippen molar-refractivity contribution in [3.8, 4) is 0 Å². The van der Waals surface area contributed by atoms with Crippen LogP contribution in [0.1, 0.15) is 12.1 Å². The van der Waals surface area contributed by atoms with Crippen molar-refractivity contribution in [1.82, 2.24) is 19.9 Å². The molecule has 2 fully saturated rings. The maximum atomic E-state index is 12.3. The van der Waals surface area contributed by atoms with E-state index < -0.39 is 0 Å². The van der Waals surface area contributed by atoms with Gasteiger partial charge in [0.25, 0.3) is 0 Å². The minimum atomic E-state index is -0.0297. The van der Waals surface area contributed by atoms with Crippen molar-refractivity contribution in [3.05, 3.63) is 48.7 Å². The number of aromatic nitrogens is 3. The van der Waals surface area contributed by atoms with E-state index in [2.05, 4.69) is 25.2 Å². The predicted molar refractivity (Wildman–Crippen MR) is 91.5 cm³/mol. The summed E-state index contributed by atoms with van der Waals surface area (Å²) in [4.78, 5) is 27.1. The molecule has 3 atom stereocenters. The van der Waals surface area contributed by atoms with Gasteiger partial charge in [0.05, 0.1) is 24.6 Å². The Balaban J connectivity index is 1.32. The van der Waals surface area contributed by atoms with Crippen LogP contribution in [-0.2, 0) is 16.1 Å². The van der Waals surface area contributed by atoms with Crippen molar-refractivity contribution in [2.45, 2.75) is 19.1 Å². The molecule has 4 heterocycles. The molecule has 2 aliphatic heterocycles. The molecule has 0 aromatic carbocycles. The van der Waals surface area contributed by atoms with Gasteiger partial charge in [-0.15, -0.1) is 0 Å². The first-order valence-electron chi connectivity index (χ1n) is 8.57. The number of fused-ring (bicyclic) bond motifs is 1. The Bertz CT molecular complexity index is 712. The Morgan fingerprint density at radius 1 is 1.24 bits per heavy atom. The number of anilines is 1. The van der Waals surface area contributed by atoms with Gasteiger partial charge in [-0.05, 0) is 18.1 Å². The zero-order valence-electron chi connectivity index (χ0n) is 13.9. The fourth-order valence-corrected chi connectivity index (χ4v) is 3.74. The Morgan fingerprint density at radius 3 is 3.00 bits per heavy atom. The highest BCUT2D eigenvalue weighted by Gasteiger charge is 2.44. The third-order valence-electron chi connectivity index (χ3n) is 4.90. The van der Waals surface area contributed by atoms with Crippen LogP contribution in [0.3, 0.4) is 0 Å². The fraction of sp³-hybridized carbons (Fsp3) is 0.444. The highest BCUT2D eigenvalue weighted by Crippen LogP contribution is 2.36. The molecule has 0 aliphatic carbocycles. The van der Waals surface area contributed by atoms with Gasteiger partial charge in [0, 0.05) is 50.6 Å². The summed E-state index contributed by atoms with van der Waals surface area (Å²) in [7, 11) is 0. The molecule has 0 bridgehead atoms. The third kappa shape index (κ3) is 3.83. The second kappa shape index (κ2) is 7.25. The third-order valence-corrected chi connectivity index (χ3v) is 4.90. The number of hydrogen-bond acceptors (Lipinski definition) is 6. The normalized spacial score (nSPS) is 25.7. The van der Waals surface area contributed by atoms with Gasteiger partial charge < -0.3 is 10.1 Å². The molecule has 0 unspecified atom stereocenters. The van der Waals surface area contributed by atoms with Crippen molar-refractivity contribution in [2.24, 2.45) is 11.8 Å². The van der Waals surface area contributed by atoms with E-state index in [1.165, 1.54) is 0 Å². The molecule has 1 N–H and O–H groups in total. The molecular formula is C18H21N5O2. The first-order valence-corrected chi connectivity index (χ1v) is 8.57. The number of amides is 1. The van der Waals surface area contributed by atoms with E-state index in [0.717, 1.165) is 25.3 Å². The average molecular weight is 339 g/mol. The molecule has 130 valence electrons. The van der Waals surface area contributed by atoms with E-state index in [1.807, 2.05) is 24.4 Å². The van der Waals surface area contributed by atoms with Crippen molar-refractivity contribution in [1.29, 1.82) is 0 Å². The van der Waals surface area contributed by atoms with Gasteiger partial charge in [-0.1, -0.05) is 6.07 Å². The summed E-state index contributed by atoms with van der Waals surface area (Å²) >= 11 is 0. The molecule has 1 amide bonds. The van der Waals surface area contributed by atoms with E-state index in [1.54, 1.807) is 18.6 Å². The predicted octanol–water partition coefficient (Wildman–Crippen LogP) is 1.35. The maximum absolute atomic E-state index is 12.3. The topological polar surface area (TPSA) is 80.2 Å². The number of carbonyl (C=O) groups is 1. The highest BCUT2D eigenvalue weighted by molar-refractivity contribution is 5.89. The van der Waals surface area contributed by atoms with Crippen molar-refractivity contribution in [3.63, 3.8) is 0 Å². The van der Waals surface area contributed by atoms with Gasteiger partial charge in [0.15, 0.2) is 5.82 Å². The summed E-state index contributed by atoms with van der Waals surface area (Å²) < 4.78 is 5.94. The zero-order chi connectivity index (χ0) is 17.1. The fourth-order valence-electron chi connectivity index (χ4n) is 3.74. The van der Waals surface area contributed by atoms with Crippen LogP contribution in [0.5, 0.6) is 0 Å². The minimum absolute atomic E-state index is 0.0297.